The lowest BCUT2D eigenvalue weighted by molar-refractivity contribution is -0.139. The highest BCUT2D eigenvalue weighted by molar-refractivity contribution is 6.09. The van der Waals surface area contributed by atoms with Gasteiger partial charge in [0.25, 0.3) is 5.91 Å². The van der Waals surface area contributed by atoms with Gasteiger partial charge >= 0.3 is 12.0 Å². The first-order valence-corrected chi connectivity index (χ1v) is 9.15. The van der Waals surface area contributed by atoms with Crippen LogP contribution in [-0.4, -0.2) is 76.0 Å². The highest BCUT2D eigenvalue weighted by Crippen LogP contribution is 2.26. The molecule has 0 atom stereocenters. The number of nitrogens with zero attached hydrogens (tertiary/aromatic N) is 2. The van der Waals surface area contributed by atoms with Crippen LogP contribution in [0.4, 0.5) is 4.79 Å². The summed E-state index contributed by atoms with van der Waals surface area (Å²) in [6.45, 7) is 5.89. The molecule has 0 aromatic carbocycles. The van der Waals surface area contributed by atoms with E-state index in [9.17, 15) is 19.2 Å². The second-order valence-corrected chi connectivity index (χ2v) is 6.96. The van der Waals surface area contributed by atoms with E-state index in [2.05, 4.69) is 10.6 Å². The van der Waals surface area contributed by atoms with Gasteiger partial charge in [0.15, 0.2) is 0 Å². The van der Waals surface area contributed by atoms with Crippen LogP contribution in [0, 0.1) is 0 Å². The number of nitrogens with one attached hydrogen (secondary N) is 2. The Morgan fingerprint density at radius 3 is 2.35 bits per heavy atom. The van der Waals surface area contributed by atoms with E-state index in [-0.39, 0.29) is 37.0 Å². The molecule has 2 rings (SSSR count). The van der Waals surface area contributed by atoms with E-state index in [4.69, 9.17) is 5.11 Å². The van der Waals surface area contributed by atoms with Gasteiger partial charge in [0.2, 0.25) is 5.91 Å². The average molecular weight is 368 g/mol. The first-order valence-electron chi connectivity index (χ1n) is 9.15. The Hall–Kier alpha value is -2.16. The fourth-order valence-electron chi connectivity index (χ4n) is 3.64. The van der Waals surface area contributed by atoms with Crippen molar-refractivity contribution in [2.24, 2.45) is 0 Å². The van der Waals surface area contributed by atoms with E-state index in [1.54, 1.807) is 0 Å². The predicted octanol–water partition coefficient (Wildman–Crippen LogP) is 0.151. The molecule has 1 saturated heterocycles. The van der Waals surface area contributed by atoms with Gasteiger partial charge in [0.05, 0.1) is 6.54 Å². The Morgan fingerprint density at radius 1 is 1.27 bits per heavy atom. The third-order valence-electron chi connectivity index (χ3n) is 5.49. The number of rotatable bonds is 9. The molecule has 9 nitrogen and oxygen atoms in total. The van der Waals surface area contributed by atoms with E-state index in [1.807, 2.05) is 25.7 Å². The monoisotopic (exact) mass is 368 g/mol. The molecule has 146 valence electrons. The number of imide groups is 1. The number of urea groups is 1. The Kier molecular flexibility index (Phi) is 6.22. The van der Waals surface area contributed by atoms with E-state index in [0.717, 1.165) is 4.90 Å². The van der Waals surface area contributed by atoms with Crippen LogP contribution >= 0.6 is 0 Å². The van der Waals surface area contributed by atoms with Crippen LogP contribution in [0.1, 0.15) is 46.5 Å². The lowest BCUT2D eigenvalue weighted by atomic mass is 9.85. The maximum Gasteiger partial charge on any atom is 0.325 e. The molecular weight excluding hydrogens is 340 g/mol. The van der Waals surface area contributed by atoms with E-state index in [0.29, 0.717) is 32.2 Å². The number of carboxylic acid groups (broad SMARTS) is 1. The molecular formula is C17H28N4O5. The standard InChI is InChI=1S/C17H28N4O5/c1-4-17(5-2)15(25)21(16(26)19-17)9-13(22)18-11-7-12(8-11)20(6-3)10-14(23)24/h11-12H,4-10H2,1-3H3,(H,18,22)(H,19,26)(H,23,24). The van der Waals surface area contributed by atoms with Crippen molar-refractivity contribution in [1.29, 1.82) is 0 Å². The zero-order valence-electron chi connectivity index (χ0n) is 15.6. The molecule has 0 aromatic rings. The molecule has 0 bridgehead atoms. The molecule has 1 aliphatic heterocycles. The van der Waals surface area contributed by atoms with Crippen molar-refractivity contribution in [2.45, 2.75) is 64.1 Å². The molecule has 9 heteroatoms. The fourth-order valence-corrected chi connectivity index (χ4v) is 3.64. The number of hydrogen-bond acceptors (Lipinski definition) is 5. The van der Waals surface area contributed by atoms with Crippen molar-refractivity contribution in [3.63, 3.8) is 0 Å². The summed E-state index contributed by atoms with van der Waals surface area (Å²) >= 11 is 0. The molecule has 0 spiro atoms. The zero-order chi connectivity index (χ0) is 19.5. The van der Waals surface area contributed by atoms with Crippen LogP contribution in [0.25, 0.3) is 0 Å². The number of amides is 4. The number of aliphatic carboxylic acids is 1. The van der Waals surface area contributed by atoms with Gasteiger partial charge in [-0.2, -0.15) is 0 Å². The number of carbonyl (C=O) groups excluding carboxylic acids is 3. The summed E-state index contributed by atoms with van der Waals surface area (Å²) in [5, 5.41) is 14.4. The fraction of sp³-hybridized carbons (Fsp3) is 0.765. The van der Waals surface area contributed by atoms with Crippen molar-refractivity contribution in [3.05, 3.63) is 0 Å². The van der Waals surface area contributed by atoms with Crippen molar-refractivity contribution < 1.29 is 24.3 Å². The van der Waals surface area contributed by atoms with Gasteiger partial charge in [0.1, 0.15) is 12.1 Å². The molecule has 3 N–H and O–H groups in total. The topological polar surface area (TPSA) is 119 Å². The maximum absolute atomic E-state index is 12.5. The smallest absolute Gasteiger partial charge is 0.325 e. The van der Waals surface area contributed by atoms with Crippen LogP contribution in [0.3, 0.4) is 0 Å². The van der Waals surface area contributed by atoms with Crippen LogP contribution in [0.5, 0.6) is 0 Å². The molecule has 26 heavy (non-hydrogen) atoms. The lowest BCUT2D eigenvalue weighted by Gasteiger charge is -2.42. The Labute approximate surface area is 153 Å². The summed E-state index contributed by atoms with van der Waals surface area (Å²) in [7, 11) is 0. The SMILES string of the molecule is CCN(CC(=O)O)C1CC(NC(=O)CN2C(=O)NC(CC)(CC)C2=O)C1. The van der Waals surface area contributed by atoms with Gasteiger partial charge in [0, 0.05) is 12.1 Å². The number of carbonyl (C=O) groups is 4. The molecule has 0 aromatic heterocycles. The van der Waals surface area contributed by atoms with Crippen LogP contribution in [0.2, 0.25) is 0 Å². The van der Waals surface area contributed by atoms with Gasteiger partial charge < -0.3 is 15.7 Å². The summed E-state index contributed by atoms with van der Waals surface area (Å²) in [6, 6.07) is -0.455. The Bertz CT molecular complexity index is 584. The largest absolute Gasteiger partial charge is 0.480 e. The quantitative estimate of drug-likeness (QED) is 0.499. The van der Waals surface area contributed by atoms with Gasteiger partial charge in [-0.15, -0.1) is 0 Å². The van der Waals surface area contributed by atoms with Crippen molar-refractivity contribution >= 4 is 23.8 Å². The molecule has 1 heterocycles. The summed E-state index contributed by atoms with van der Waals surface area (Å²) in [4.78, 5) is 50.4. The van der Waals surface area contributed by atoms with Crippen LogP contribution in [0.15, 0.2) is 0 Å². The maximum atomic E-state index is 12.5. The zero-order valence-corrected chi connectivity index (χ0v) is 15.6. The summed E-state index contributed by atoms with van der Waals surface area (Å²) in [5.41, 5.74) is -0.905. The van der Waals surface area contributed by atoms with Crippen molar-refractivity contribution in [2.75, 3.05) is 19.6 Å². The average Bonchev–Trinajstić information content (AvgIpc) is 2.80. The lowest BCUT2D eigenvalue weighted by Crippen LogP contribution is -2.56. The van der Waals surface area contributed by atoms with Crippen LogP contribution in [-0.2, 0) is 14.4 Å². The molecule has 1 aliphatic carbocycles. The number of likely N-dealkylation sites (N-methyl/N-ethyl adjacent to an activating group) is 1. The highest BCUT2D eigenvalue weighted by Gasteiger charge is 2.49. The summed E-state index contributed by atoms with van der Waals surface area (Å²) in [5.74, 6) is -1.60. The molecule has 2 aliphatic rings. The molecule has 0 radical (unpaired) electrons. The molecule has 0 unspecified atom stereocenters. The predicted molar refractivity (Wildman–Crippen MR) is 93.4 cm³/mol. The number of carboxylic acids is 1. The minimum Gasteiger partial charge on any atom is -0.480 e. The Morgan fingerprint density at radius 2 is 1.88 bits per heavy atom. The van der Waals surface area contributed by atoms with E-state index in [1.165, 1.54) is 0 Å². The first kappa shape index (κ1) is 20.2. The normalized spacial score (nSPS) is 24.4. The third-order valence-corrected chi connectivity index (χ3v) is 5.49. The van der Waals surface area contributed by atoms with E-state index < -0.39 is 17.5 Å². The highest BCUT2D eigenvalue weighted by atomic mass is 16.4. The molecule has 2 fully saturated rings. The molecule has 1 saturated carbocycles. The van der Waals surface area contributed by atoms with Gasteiger partial charge in [-0.3, -0.25) is 24.2 Å². The number of hydrogen-bond donors (Lipinski definition) is 3. The third kappa shape index (κ3) is 3.98. The van der Waals surface area contributed by atoms with Gasteiger partial charge in [-0.05, 0) is 32.2 Å². The summed E-state index contributed by atoms with van der Waals surface area (Å²) in [6.07, 6.45) is 2.29. The second kappa shape index (κ2) is 8.03. The van der Waals surface area contributed by atoms with Gasteiger partial charge in [-0.25, -0.2) is 4.79 Å². The van der Waals surface area contributed by atoms with Crippen molar-refractivity contribution in [3.8, 4) is 0 Å². The molecule has 4 amide bonds. The summed E-state index contributed by atoms with van der Waals surface area (Å²) < 4.78 is 0. The first-order chi connectivity index (χ1) is 12.3. The minimum absolute atomic E-state index is 0.0135. The van der Waals surface area contributed by atoms with Crippen molar-refractivity contribution in [1.82, 2.24) is 20.4 Å². The minimum atomic E-state index is -0.905. The van der Waals surface area contributed by atoms with Gasteiger partial charge in [-0.1, -0.05) is 20.8 Å². The Balaban J connectivity index is 1.83. The second-order valence-electron chi connectivity index (χ2n) is 6.96. The van der Waals surface area contributed by atoms with Crippen LogP contribution < -0.4 is 10.6 Å². The van der Waals surface area contributed by atoms with E-state index >= 15 is 0 Å².